The number of benzene rings is 1. The molecule has 1 aromatic rings. The summed E-state index contributed by atoms with van der Waals surface area (Å²) in [5.41, 5.74) is 1.07. The number of carbonyl (C=O) groups excluding carboxylic acids is 1. The van der Waals surface area contributed by atoms with Crippen molar-refractivity contribution in [3.8, 4) is 11.8 Å². The van der Waals surface area contributed by atoms with E-state index in [9.17, 15) is 4.79 Å². The van der Waals surface area contributed by atoms with Gasteiger partial charge in [-0.3, -0.25) is 4.79 Å². The first-order chi connectivity index (χ1) is 8.36. The van der Waals surface area contributed by atoms with Crippen molar-refractivity contribution < 1.29 is 9.53 Å². The first kappa shape index (κ1) is 12.4. The Hall–Kier alpha value is -2.02. The number of nitrogens with zero attached hydrogens (tertiary/aromatic N) is 2. The summed E-state index contributed by atoms with van der Waals surface area (Å²) >= 11 is 0. The SMILES string of the molecule is CC1Oc2cc(C(C)(C)C#N)ccc2N(C)C1=O. The Kier molecular flexibility index (Phi) is 2.78. The minimum absolute atomic E-state index is 0.0604. The summed E-state index contributed by atoms with van der Waals surface area (Å²) in [6.07, 6.45) is -0.483. The molecule has 0 saturated carbocycles. The van der Waals surface area contributed by atoms with Gasteiger partial charge < -0.3 is 9.64 Å². The van der Waals surface area contributed by atoms with Gasteiger partial charge >= 0.3 is 0 Å². The number of carbonyl (C=O) groups is 1. The fraction of sp³-hybridized carbons (Fsp3) is 0.429. The van der Waals surface area contributed by atoms with E-state index in [4.69, 9.17) is 10.00 Å². The van der Waals surface area contributed by atoms with Gasteiger partial charge in [0.25, 0.3) is 5.91 Å². The number of likely N-dealkylation sites (N-methyl/N-ethyl adjacent to an activating group) is 1. The molecule has 4 heteroatoms. The molecule has 0 spiro atoms. The average Bonchev–Trinajstić information content (AvgIpc) is 2.35. The van der Waals surface area contributed by atoms with E-state index < -0.39 is 11.5 Å². The summed E-state index contributed by atoms with van der Waals surface area (Å²) in [4.78, 5) is 13.4. The summed E-state index contributed by atoms with van der Waals surface area (Å²) in [7, 11) is 1.73. The zero-order chi connectivity index (χ0) is 13.5. The van der Waals surface area contributed by atoms with Gasteiger partial charge in [0.2, 0.25) is 0 Å². The lowest BCUT2D eigenvalue weighted by atomic mass is 9.86. The number of rotatable bonds is 1. The van der Waals surface area contributed by atoms with Crippen molar-refractivity contribution in [1.82, 2.24) is 0 Å². The van der Waals surface area contributed by atoms with Gasteiger partial charge in [0.05, 0.1) is 17.2 Å². The van der Waals surface area contributed by atoms with E-state index >= 15 is 0 Å². The Morgan fingerprint density at radius 1 is 1.44 bits per heavy atom. The zero-order valence-electron chi connectivity index (χ0n) is 11.0. The van der Waals surface area contributed by atoms with Crippen molar-refractivity contribution in [1.29, 1.82) is 5.26 Å². The van der Waals surface area contributed by atoms with Gasteiger partial charge in [-0.1, -0.05) is 6.07 Å². The lowest BCUT2D eigenvalue weighted by molar-refractivity contribution is -0.125. The quantitative estimate of drug-likeness (QED) is 0.761. The largest absolute Gasteiger partial charge is 0.479 e. The molecule has 1 unspecified atom stereocenters. The maximum Gasteiger partial charge on any atom is 0.267 e. The minimum Gasteiger partial charge on any atom is -0.479 e. The van der Waals surface area contributed by atoms with Crippen LogP contribution in [-0.2, 0) is 10.2 Å². The topological polar surface area (TPSA) is 53.3 Å². The van der Waals surface area contributed by atoms with Crippen molar-refractivity contribution >= 4 is 11.6 Å². The molecule has 1 heterocycles. The van der Waals surface area contributed by atoms with Crippen LogP contribution in [-0.4, -0.2) is 19.1 Å². The maximum atomic E-state index is 11.8. The van der Waals surface area contributed by atoms with E-state index in [1.165, 1.54) is 0 Å². The van der Waals surface area contributed by atoms with Gasteiger partial charge in [-0.15, -0.1) is 0 Å². The average molecular weight is 244 g/mol. The smallest absolute Gasteiger partial charge is 0.267 e. The number of nitriles is 1. The molecule has 0 bridgehead atoms. The van der Waals surface area contributed by atoms with E-state index in [0.29, 0.717) is 5.75 Å². The second-order valence-electron chi connectivity index (χ2n) is 5.08. The van der Waals surface area contributed by atoms with Gasteiger partial charge in [-0.2, -0.15) is 5.26 Å². The molecule has 1 amide bonds. The summed E-state index contributed by atoms with van der Waals surface area (Å²) in [6, 6.07) is 7.80. The molecule has 0 radical (unpaired) electrons. The lowest BCUT2D eigenvalue weighted by Gasteiger charge is -2.31. The first-order valence-electron chi connectivity index (χ1n) is 5.87. The number of ether oxygens (including phenoxy) is 1. The van der Waals surface area contributed by atoms with Gasteiger partial charge in [0, 0.05) is 7.05 Å². The van der Waals surface area contributed by atoms with E-state index in [0.717, 1.165) is 11.3 Å². The van der Waals surface area contributed by atoms with Crippen LogP contribution in [0.1, 0.15) is 26.3 Å². The van der Waals surface area contributed by atoms with Crippen molar-refractivity contribution in [2.45, 2.75) is 32.3 Å². The Bertz CT molecular complexity index is 543. The highest BCUT2D eigenvalue weighted by Crippen LogP contribution is 2.36. The van der Waals surface area contributed by atoms with Crippen LogP contribution in [0.15, 0.2) is 18.2 Å². The van der Waals surface area contributed by atoms with Crippen LogP contribution in [0.4, 0.5) is 5.69 Å². The van der Waals surface area contributed by atoms with Crippen LogP contribution in [0, 0.1) is 11.3 Å². The number of fused-ring (bicyclic) bond motifs is 1. The standard InChI is InChI=1S/C14H16N2O2/c1-9-13(17)16(4)11-6-5-10(7-12(11)18-9)14(2,3)8-15/h5-7,9H,1-4H3. The van der Waals surface area contributed by atoms with Gasteiger partial charge in [0.1, 0.15) is 5.75 Å². The third-order valence-corrected chi connectivity index (χ3v) is 3.30. The van der Waals surface area contributed by atoms with Crippen LogP contribution in [0.3, 0.4) is 0 Å². The van der Waals surface area contributed by atoms with Gasteiger partial charge in [0.15, 0.2) is 6.10 Å². The van der Waals surface area contributed by atoms with E-state index in [-0.39, 0.29) is 5.91 Å². The molecule has 1 aliphatic rings. The molecule has 2 rings (SSSR count). The molecule has 0 N–H and O–H groups in total. The molecule has 94 valence electrons. The van der Waals surface area contributed by atoms with Crippen molar-refractivity contribution in [3.63, 3.8) is 0 Å². The van der Waals surface area contributed by atoms with Crippen molar-refractivity contribution in [2.24, 2.45) is 0 Å². The van der Waals surface area contributed by atoms with Gasteiger partial charge in [-0.25, -0.2) is 0 Å². The lowest BCUT2D eigenvalue weighted by Crippen LogP contribution is -2.42. The highest BCUT2D eigenvalue weighted by Gasteiger charge is 2.30. The molecule has 1 atom stereocenters. The highest BCUT2D eigenvalue weighted by molar-refractivity contribution is 5.99. The molecular weight excluding hydrogens is 228 g/mol. The van der Waals surface area contributed by atoms with Gasteiger partial charge in [-0.05, 0) is 38.5 Å². The molecule has 0 fully saturated rings. The van der Waals surface area contributed by atoms with Crippen molar-refractivity contribution in [3.05, 3.63) is 23.8 Å². The van der Waals surface area contributed by atoms with Crippen molar-refractivity contribution in [2.75, 3.05) is 11.9 Å². The third kappa shape index (κ3) is 1.82. The van der Waals surface area contributed by atoms with Crippen LogP contribution in [0.5, 0.6) is 5.75 Å². The van der Waals surface area contributed by atoms with E-state index in [1.54, 1.807) is 18.9 Å². The predicted octanol–water partition coefficient (Wildman–Crippen LogP) is 2.23. The monoisotopic (exact) mass is 244 g/mol. The third-order valence-electron chi connectivity index (χ3n) is 3.30. The second kappa shape index (κ2) is 4.02. The van der Waals surface area contributed by atoms with E-state index in [2.05, 4.69) is 6.07 Å². The second-order valence-corrected chi connectivity index (χ2v) is 5.08. The summed E-state index contributed by atoms with van der Waals surface area (Å²) in [6.45, 7) is 5.44. The molecule has 1 aliphatic heterocycles. The van der Waals surface area contributed by atoms with Crippen LogP contribution < -0.4 is 9.64 Å². The number of amides is 1. The zero-order valence-corrected chi connectivity index (χ0v) is 11.0. The Labute approximate surface area is 107 Å². The molecule has 4 nitrogen and oxygen atoms in total. The predicted molar refractivity (Wildman–Crippen MR) is 68.6 cm³/mol. The first-order valence-corrected chi connectivity index (χ1v) is 5.87. The highest BCUT2D eigenvalue weighted by atomic mass is 16.5. The summed E-state index contributed by atoms with van der Waals surface area (Å²) < 4.78 is 5.59. The normalized spacial score (nSPS) is 18.9. The molecule has 0 aliphatic carbocycles. The molecule has 0 aromatic heterocycles. The maximum absolute atomic E-state index is 11.8. The number of hydrogen-bond donors (Lipinski definition) is 0. The molecular formula is C14H16N2O2. The summed E-state index contributed by atoms with van der Waals surface area (Å²) in [5.74, 6) is 0.597. The van der Waals surface area contributed by atoms with Crippen LogP contribution >= 0.6 is 0 Å². The molecule has 18 heavy (non-hydrogen) atoms. The summed E-state index contributed by atoms with van der Waals surface area (Å²) in [5, 5.41) is 9.14. The van der Waals surface area contributed by atoms with Crippen LogP contribution in [0.2, 0.25) is 0 Å². The Balaban J connectivity index is 2.49. The molecule has 1 aromatic carbocycles. The molecule has 0 saturated heterocycles. The van der Waals surface area contributed by atoms with E-state index in [1.807, 2.05) is 32.0 Å². The number of anilines is 1. The fourth-order valence-corrected chi connectivity index (χ4v) is 1.97. The fourth-order valence-electron chi connectivity index (χ4n) is 1.97. The Morgan fingerprint density at radius 3 is 2.72 bits per heavy atom. The Morgan fingerprint density at radius 2 is 2.11 bits per heavy atom. The number of hydrogen-bond acceptors (Lipinski definition) is 3. The minimum atomic E-state index is -0.568. The van der Waals surface area contributed by atoms with Crippen LogP contribution in [0.25, 0.3) is 0 Å².